The van der Waals surface area contributed by atoms with Crippen LogP contribution >= 0.6 is 0 Å². The number of aryl methyl sites for hydroxylation is 2. The number of pyridine rings is 1. The highest BCUT2D eigenvalue weighted by atomic mass is 16.2. The smallest absolute Gasteiger partial charge is 0.234 e. The lowest BCUT2D eigenvalue weighted by Gasteiger charge is -2.17. The third kappa shape index (κ3) is 3.91. The topological polar surface area (TPSA) is 79.4 Å². The minimum Gasteiger partial charge on any atom is -0.326 e. The third-order valence-corrected chi connectivity index (χ3v) is 4.16. The molecule has 1 saturated heterocycles. The van der Waals surface area contributed by atoms with Gasteiger partial charge in [0, 0.05) is 37.3 Å². The van der Waals surface area contributed by atoms with E-state index in [1.807, 2.05) is 19.1 Å². The second kappa shape index (κ2) is 7.25. The van der Waals surface area contributed by atoms with Gasteiger partial charge in [0.1, 0.15) is 0 Å². The van der Waals surface area contributed by atoms with Crippen molar-refractivity contribution in [1.29, 1.82) is 0 Å². The lowest BCUT2D eigenvalue weighted by atomic mass is 10.1. The molecule has 3 amide bonds. The van der Waals surface area contributed by atoms with E-state index in [1.54, 1.807) is 30.6 Å². The Bertz CT molecular complexity index is 802. The maximum Gasteiger partial charge on any atom is 0.234 e. The lowest BCUT2D eigenvalue weighted by Crippen LogP contribution is -2.29. The molecule has 1 fully saturated rings. The molecule has 0 atom stereocenters. The quantitative estimate of drug-likeness (QED) is 0.851. The van der Waals surface area contributed by atoms with Gasteiger partial charge in [-0.3, -0.25) is 24.3 Å². The summed E-state index contributed by atoms with van der Waals surface area (Å²) in [7, 11) is 0. The zero-order chi connectivity index (χ0) is 17.8. The van der Waals surface area contributed by atoms with E-state index in [0.717, 1.165) is 11.1 Å². The minimum atomic E-state index is -0.178. The van der Waals surface area contributed by atoms with Gasteiger partial charge in [-0.25, -0.2) is 0 Å². The van der Waals surface area contributed by atoms with Crippen molar-refractivity contribution < 1.29 is 14.4 Å². The normalized spacial score (nSPS) is 14.0. The van der Waals surface area contributed by atoms with Crippen LogP contribution < -0.4 is 10.2 Å². The summed E-state index contributed by atoms with van der Waals surface area (Å²) in [4.78, 5) is 41.0. The van der Waals surface area contributed by atoms with Crippen LogP contribution in [0.5, 0.6) is 0 Å². The Morgan fingerprint density at radius 1 is 1.12 bits per heavy atom. The fourth-order valence-electron chi connectivity index (χ4n) is 2.86. The van der Waals surface area contributed by atoms with Crippen molar-refractivity contribution in [2.75, 3.05) is 10.2 Å². The van der Waals surface area contributed by atoms with E-state index in [1.165, 1.54) is 4.90 Å². The van der Waals surface area contributed by atoms with E-state index in [0.29, 0.717) is 24.2 Å². The SMILES string of the molecule is Cc1cc(NC(=O)CCc2ccncc2)ccc1N1C(=O)CCC1=O. The molecule has 1 aliphatic heterocycles. The summed E-state index contributed by atoms with van der Waals surface area (Å²) < 4.78 is 0. The largest absolute Gasteiger partial charge is 0.326 e. The van der Waals surface area contributed by atoms with Gasteiger partial charge in [0.2, 0.25) is 17.7 Å². The molecule has 128 valence electrons. The standard InChI is InChI=1S/C19H19N3O3/c1-13-12-15(3-4-16(13)22-18(24)6-7-19(22)25)21-17(23)5-2-14-8-10-20-11-9-14/h3-4,8-12H,2,5-7H2,1H3,(H,21,23). The fraction of sp³-hybridized carbons (Fsp3) is 0.263. The van der Waals surface area contributed by atoms with Crippen LogP contribution in [0.3, 0.4) is 0 Å². The molecule has 0 bridgehead atoms. The summed E-state index contributed by atoms with van der Waals surface area (Å²) in [6.07, 6.45) is 4.93. The van der Waals surface area contributed by atoms with E-state index < -0.39 is 0 Å². The van der Waals surface area contributed by atoms with Crippen LogP contribution in [0.4, 0.5) is 11.4 Å². The summed E-state index contributed by atoms with van der Waals surface area (Å²) in [5, 5.41) is 2.85. The highest BCUT2D eigenvalue weighted by Gasteiger charge is 2.31. The second-order valence-electron chi connectivity index (χ2n) is 6.03. The van der Waals surface area contributed by atoms with Crippen LogP contribution in [0.25, 0.3) is 0 Å². The van der Waals surface area contributed by atoms with Crippen molar-refractivity contribution in [1.82, 2.24) is 4.98 Å². The molecule has 6 heteroatoms. The van der Waals surface area contributed by atoms with Gasteiger partial charge >= 0.3 is 0 Å². The van der Waals surface area contributed by atoms with E-state index in [9.17, 15) is 14.4 Å². The molecule has 0 spiro atoms. The average molecular weight is 337 g/mol. The zero-order valence-electron chi connectivity index (χ0n) is 14.0. The van der Waals surface area contributed by atoms with Crippen LogP contribution in [0, 0.1) is 6.92 Å². The zero-order valence-corrected chi connectivity index (χ0v) is 14.0. The molecule has 1 aromatic heterocycles. The first-order valence-corrected chi connectivity index (χ1v) is 8.20. The summed E-state index contributed by atoms with van der Waals surface area (Å²) >= 11 is 0. The van der Waals surface area contributed by atoms with E-state index in [-0.39, 0.29) is 30.6 Å². The number of aromatic nitrogens is 1. The Balaban J connectivity index is 1.63. The van der Waals surface area contributed by atoms with E-state index in [4.69, 9.17) is 0 Å². The molecule has 6 nitrogen and oxygen atoms in total. The first kappa shape index (κ1) is 16.8. The molecule has 1 aromatic carbocycles. The van der Waals surface area contributed by atoms with Crippen LogP contribution in [0.1, 0.15) is 30.4 Å². The minimum absolute atomic E-state index is 0.0858. The Labute approximate surface area is 145 Å². The Hall–Kier alpha value is -3.02. The molecule has 0 aliphatic carbocycles. The molecule has 25 heavy (non-hydrogen) atoms. The number of amides is 3. The van der Waals surface area contributed by atoms with Crippen molar-refractivity contribution in [2.24, 2.45) is 0 Å². The number of nitrogens with one attached hydrogen (secondary N) is 1. The molecule has 0 radical (unpaired) electrons. The second-order valence-corrected chi connectivity index (χ2v) is 6.03. The summed E-state index contributed by atoms with van der Waals surface area (Å²) in [6.45, 7) is 1.82. The van der Waals surface area contributed by atoms with Crippen LogP contribution in [-0.4, -0.2) is 22.7 Å². The number of anilines is 2. The van der Waals surface area contributed by atoms with E-state index in [2.05, 4.69) is 10.3 Å². The molecule has 2 aromatic rings. The number of hydrogen-bond donors (Lipinski definition) is 1. The summed E-state index contributed by atoms with van der Waals surface area (Å²) in [6, 6.07) is 8.96. The van der Waals surface area contributed by atoms with Gasteiger partial charge in [-0.15, -0.1) is 0 Å². The summed E-state index contributed by atoms with van der Waals surface area (Å²) in [5.74, 6) is -0.443. The summed E-state index contributed by atoms with van der Waals surface area (Å²) in [5.41, 5.74) is 3.07. The van der Waals surface area contributed by atoms with Crippen LogP contribution in [-0.2, 0) is 20.8 Å². The first-order chi connectivity index (χ1) is 12.0. The molecule has 2 heterocycles. The fourth-order valence-corrected chi connectivity index (χ4v) is 2.86. The first-order valence-electron chi connectivity index (χ1n) is 8.20. The number of carbonyl (C=O) groups is 3. The van der Waals surface area contributed by atoms with Crippen molar-refractivity contribution in [3.8, 4) is 0 Å². The Morgan fingerprint density at radius 2 is 1.80 bits per heavy atom. The van der Waals surface area contributed by atoms with Crippen LogP contribution in [0.15, 0.2) is 42.7 Å². The Morgan fingerprint density at radius 3 is 2.44 bits per heavy atom. The highest BCUT2D eigenvalue weighted by Crippen LogP contribution is 2.28. The number of imide groups is 1. The molecular formula is C19H19N3O3. The van der Waals surface area contributed by atoms with E-state index >= 15 is 0 Å². The lowest BCUT2D eigenvalue weighted by molar-refractivity contribution is -0.121. The number of rotatable bonds is 5. The number of nitrogens with zero attached hydrogens (tertiary/aromatic N) is 2. The monoisotopic (exact) mass is 337 g/mol. The van der Waals surface area contributed by atoms with Gasteiger partial charge in [-0.2, -0.15) is 0 Å². The van der Waals surface area contributed by atoms with Gasteiger partial charge in [-0.05, 0) is 54.8 Å². The average Bonchev–Trinajstić information content (AvgIpc) is 2.93. The maximum atomic E-state index is 12.1. The molecule has 1 N–H and O–H groups in total. The van der Waals surface area contributed by atoms with Crippen molar-refractivity contribution in [3.05, 3.63) is 53.9 Å². The molecule has 3 rings (SSSR count). The molecule has 1 aliphatic rings. The predicted molar refractivity (Wildman–Crippen MR) is 94.1 cm³/mol. The molecular weight excluding hydrogens is 318 g/mol. The van der Waals surface area contributed by atoms with Gasteiger partial charge in [0.15, 0.2) is 0 Å². The number of carbonyl (C=O) groups excluding carboxylic acids is 3. The van der Waals surface area contributed by atoms with Gasteiger partial charge in [0.05, 0.1) is 5.69 Å². The molecule has 0 unspecified atom stereocenters. The van der Waals surface area contributed by atoms with Crippen LogP contribution in [0.2, 0.25) is 0 Å². The predicted octanol–water partition coefficient (Wildman–Crippen LogP) is 2.61. The van der Waals surface area contributed by atoms with Crippen molar-refractivity contribution in [2.45, 2.75) is 32.6 Å². The van der Waals surface area contributed by atoms with Gasteiger partial charge in [-0.1, -0.05) is 0 Å². The maximum absolute atomic E-state index is 12.1. The third-order valence-electron chi connectivity index (χ3n) is 4.16. The highest BCUT2D eigenvalue weighted by molar-refractivity contribution is 6.20. The van der Waals surface area contributed by atoms with Crippen molar-refractivity contribution >= 4 is 29.1 Å². The Kier molecular flexibility index (Phi) is 4.88. The number of hydrogen-bond acceptors (Lipinski definition) is 4. The van der Waals surface area contributed by atoms with Gasteiger partial charge in [0.25, 0.3) is 0 Å². The number of benzene rings is 1. The van der Waals surface area contributed by atoms with Gasteiger partial charge < -0.3 is 5.32 Å². The molecule has 0 saturated carbocycles. The van der Waals surface area contributed by atoms with Crippen molar-refractivity contribution in [3.63, 3.8) is 0 Å².